The van der Waals surface area contributed by atoms with Gasteiger partial charge in [-0.25, -0.2) is 0 Å². The minimum atomic E-state index is 0.153. The van der Waals surface area contributed by atoms with Crippen molar-refractivity contribution in [2.24, 2.45) is 0 Å². The average molecular weight is 315 g/mol. The predicted molar refractivity (Wildman–Crippen MR) is 98.8 cm³/mol. The van der Waals surface area contributed by atoms with E-state index in [2.05, 4.69) is 65.6 Å². The molecule has 2 aliphatic heterocycles. The van der Waals surface area contributed by atoms with Crippen molar-refractivity contribution < 1.29 is 4.74 Å². The molecule has 1 unspecified atom stereocenters. The molecule has 5 rings (SSSR count). The zero-order chi connectivity index (χ0) is 15.9. The first kappa shape index (κ1) is 13.9. The Labute approximate surface area is 142 Å². The monoisotopic (exact) mass is 315 g/mol. The fourth-order valence-corrected chi connectivity index (χ4v) is 4.24. The second-order valence-electron chi connectivity index (χ2n) is 6.80. The third kappa shape index (κ3) is 2.17. The minimum Gasteiger partial charge on any atom is -0.470 e. The molecule has 1 atom stereocenters. The smallest absolute Gasteiger partial charge is 0.172 e. The molecule has 3 aromatic rings. The van der Waals surface area contributed by atoms with Gasteiger partial charge < -0.3 is 9.64 Å². The molecule has 0 spiro atoms. The third-order valence-electron chi connectivity index (χ3n) is 5.40. The van der Waals surface area contributed by atoms with E-state index in [4.69, 9.17) is 4.74 Å². The minimum absolute atomic E-state index is 0.153. The molecule has 3 aromatic carbocycles. The van der Waals surface area contributed by atoms with Crippen molar-refractivity contribution in [3.8, 4) is 5.75 Å². The molecular weight excluding hydrogens is 294 g/mol. The fraction of sp³-hybridized carbons (Fsp3) is 0.273. The summed E-state index contributed by atoms with van der Waals surface area (Å²) in [4.78, 5) is 2.47. The molecular formula is C22H21NO. The zero-order valence-electron chi connectivity index (χ0n) is 13.7. The van der Waals surface area contributed by atoms with Crippen molar-refractivity contribution in [3.05, 3.63) is 71.8 Å². The van der Waals surface area contributed by atoms with Crippen LogP contribution in [0.5, 0.6) is 5.75 Å². The first-order valence-corrected chi connectivity index (χ1v) is 8.92. The van der Waals surface area contributed by atoms with Crippen LogP contribution in [0.1, 0.15) is 24.0 Å². The van der Waals surface area contributed by atoms with Gasteiger partial charge in [0.25, 0.3) is 0 Å². The molecule has 0 radical (unpaired) electrons. The molecule has 0 saturated carbocycles. The average Bonchev–Trinajstić information content (AvgIpc) is 2.67. The number of fused-ring (bicyclic) bond motifs is 4. The van der Waals surface area contributed by atoms with Gasteiger partial charge in [0.05, 0.1) is 0 Å². The summed E-state index contributed by atoms with van der Waals surface area (Å²) in [6.45, 7) is 1.09. The van der Waals surface area contributed by atoms with Crippen molar-refractivity contribution in [2.75, 3.05) is 11.4 Å². The summed E-state index contributed by atoms with van der Waals surface area (Å²) in [6.07, 6.45) is 4.68. The van der Waals surface area contributed by atoms with Crippen LogP contribution in [-0.2, 0) is 12.8 Å². The highest BCUT2D eigenvalue weighted by Gasteiger charge is 2.29. The van der Waals surface area contributed by atoms with Crippen LogP contribution < -0.4 is 9.64 Å². The van der Waals surface area contributed by atoms with E-state index < -0.39 is 0 Å². The van der Waals surface area contributed by atoms with Gasteiger partial charge >= 0.3 is 0 Å². The molecule has 2 heteroatoms. The number of nitrogens with zero attached hydrogens (tertiary/aromatic N) is 1. The highest BCUT2D eigenvalue weighted by Crippen LogP contribution is 2.37. The Kier molecular flexibility index (Phi) is 3.22. The van der Waals surface area contributed by atoms with E-state index in [-0.39, 0.29) is 6.23 Å². The van der Waals surface area contributed by atoms with E-state index in [1.165, 1.54) is 40.4 Å². The van der Waals surface area contributed by atoms with Crippen molar-refractivity contribution in [2.45, 2.75) is 31.9 Å². The van der Waals surface area contributed by atoms with E-state index in [0.29, 0.717) is 0 Å². The van der Waals surface area contributed by atoms with Gasteiger partial charge in [0, 0.05) is 24.2 Å². The first-order valence-electron chi connectivity index (χ1n) is 8.92. The number of anilines is 1. The molecule has 0 aliphatic carbocycles. The predicted octanol–water partition coefficient (Wildman–Crippen LogP) is 4.94. The number of ether oxygens (including phenoxy) is 1. The number of hydrogen-bond acceptors (Lipinski definition) is 2. The van der Waals surface area contributed by atoms with Crippen molar-refractivity contribution >= 4 is 16.5 Å². The second kappa shape index (κ2) is 5.55. The van der Waals surface area contributed by atoms with Gasteiger partial charge in [0.1, 0.15) is 5.75 Å². The van der Waals surface area contributed by atoms with E-state index in [1.807, 2.05) is 0 Å². The maximum atomic E-state index is 6.46. The van der Waals surface area contributed by atoms with E-state index in [0.717, 1.165) is 25.1 Å². The quantitative estimate of drug-likeness (QED) is 0.630. The summed E-state index contributed by atoms with van der Waals surface area (Å²) < 4.78 is 6.46. The fourth-order valence-electron chi connectivity index (χ4n) is 4.24. The maximum absolute atomic E-state index is 6.46. The van der Waals surface area contributed by atoms with Gasteiger partial charge in [0.2, 0.25) is 0 Å². The number of benzene rings is 3. The molecule has 24 heavy (non-hydrogen) atoms. The van der Waals surface area contributed by atoms with Gasteiger partial charge in [0.15, 0.2) is 6.23 Å². The molecule has 0 N–H and O–H groups in total. The molecule has 0 bridgehead atoms. The highest BCUT2D eigenvalue weighted by molar-refractivity contribution is 5.88. The Morgan fingerprint density at radius 1 is 0.875 bits per heavy atom. The summed E-state index contributed by atoms with van der Waals surface area (Å²) in [7, 11) is 0. The summed E-state index contributed by atoms with van der Waals surface area (Å²) >= 11 is 0. The van der Waals surface area contributed by atoms with Gasteiger partial charge in [-0.3, -0.25) is 0 Å². The number of hydrogen-bond donors (Lipinski definition) is 0. The van der Waals surface area contributed by atoms with Crippen LogP contribution in [-0.4, -0.2) is 12.8 Å². The van der Waals surface area contributed by atoms with Crippen LogP contribution in [0.15, 0.2) is 60.7 Å². The second-order valence-corrected chi connectivity index (χ2v) is 6.80. The van der Waals surface area contributed by atoms with Gasteiger partial charge in [-0.1, -0.05) is 48.5 Å². The first-order chi connectivity index (χ1) is 11.9. The van der Waals surface area contributed by atoms with E-state index in [1.54, 1.807) is 0 Å². The Morgan fingerprint density at radius 2 is 1.75 bits per heavy atom. The third-order valence-corrected chi connectivity index (χ3v) is 5.40. The molecule has 2 aliphatic rings. The number of rotatable bonds is 1. The Balaban J connectivity index is 1.51. The van der Waals surface area contributed by atoms with Crippen molar-refractivity contribution in [3.63, 3.8) is 0 Å². The van der Waals surface area contributed by atoms with Crippen LogP contribution in [0.3, 0.4) is 0 Å². The van der Waals surface area contributed by atoms with Gasteiger partial charge in [-0.2, -0.15) is 0 Å². The molecule has 0 fully saturated rings. The van der Waals surface area contributed by atoms with Crippen molar-refractivity contribution in [1.29, 1.82) is 0 Å². The lowest BCUT2D eigenvalue weighted by atomic mass is 9.96. The topological polar surface area (TPSA) is 12.5 Å². The van der Waals surface area contributed by atoms with Crippen LogP contribution in [0, 0.1) is 0 Å². The van der Waals surface area contributed by atoms with Gasteiger partial charge in [-0.15, -0.1) is 0 Å². The number of para-hydroxylation sites is 1. The molecule has 0 aromatic heterocycles. The molecule has 120 valence electrons. The lowest BCUT2D eigenvalue weighted by molar-refractivity contribution is 0.166. The Hall–Kier alpha value is -2.48. The maximum Gasteiger partial charge on any atom is 0.172 e. The summed E-state index contributed by atoms with van der Waals surface area (Å²) in [5.74, 6) is 1.06. The zero-order valence-corrected chi connectivity index (χ0v) is 13.7. The largest absolute Gasteiger partial charge is 0.470 e. The molecule has 0 saturated heterocycles. The normalized spacial score (nSPS) is 19.5. The summed E-state index contributed by atoms with van der Waals surface area (Å²) in [5.41, 5.74) is 4.18. The van der Waals surface area contributed by atoms with Crippen LogP contribution in [0.25, 0.3) is 10.8 Å². The lowest BCUT2D eigenvalue weighted by Crippen LogP contribution is -2.44. The Morgan fingerprint density at radius 3 is 2.75 bits per heavy atom. The van der Waals surface area contributed by atoms with E-state index >= 15 is 0 Å². The summed E-state index contributed by atoms with van der Waals surface area (Å²) in [6, 6.07) is 21.7. The Bertz CT molecular complexity index is 901. The number of aryl methyl sites for hydroxylation is 2. The molecule has 2 heterocycles. The van der Waals surface area contributed by atoms with Gasteiger partial charge in [-0.05, 0) is 47.7 Å². The standard InChI is InChI=1S/C22H21NO/c1-3-9-18-16(6-1)11-13-21-19(18)12-14-22(24-21)23-15-5-8-17-7-2-4-10-20(17)23/h1-4,6-7,9-11,13,22H,5,8,12,14-15H2. The van der Waals surface area contributed by atoms with E-state index in [9.17, 15) is 0 Å². The van der Waals surface area contributed by atoms with Crippen molar-refractivity contribution in [1.82, 2.24) is 0 Å². The SMILES string of the molecule is c1ccc2c(c1)CCCN2C1CCc2c(ccc3ccccc23)O1. The van der Waals surface area contributed by atoms with Crippen LogP contribution >= 0.6 is 0 Å². The highest BCUT2D eigenvalue weighted by atomic mass is 16.5. The summed E-state index contributed by atoms with van der Waals surface area (Å²) in [5, 5.41) is 2.65. The molecule has 2 nitrogen and oxygen atoms in total. The van der Waals surface area contributed by atoms with Crippen LogP contribution in [0.4, 0.5) is 5.69 Å². The van der Waals surface area contributed by atoms with Crippen LogP contribution in [0.2, 0.25) is 0 Å². The lowest BCUT2D eigenvalue weighted by Gasteiger charge is -2.40. The molecule has 0 amide bonds.